The summed E-state index contributed by atoms with van der Waals surface area (Å²) in [7, 11) is 3.78. The monoisotopic (exact) mass is 419 g/mol. The van der Waals surface area contributed by atoms with Gasteiger partial charge in [0.25, 0.3) is 0 Å². The molecule has 1 aromatic carbocycles. The number of aromatic nitrogens is 4. The summed E-state index contributed by atoms with van der Waals surface area (Å²) in [5, 5.41) is 0.614. The van der Waals surface area contributed by atoms with Crippen LogP contribution in [0.5, 0.6) is 0 Å². The van der Waals surface area contributed by atoms with E-state index in [-0.39, 0.29) is 6.03 Å². The fraction of sp³-hybridized carbons (Fsp3) is 0.227. The summed E-state index contributed by atoms with van der Waals surface area (Å²) in [6, 6.07) is 8.66. The van der Waals surface area contributed by atoms with E-state index in [9.17, 15) is 4.79 Å². The van der Waals surface area contributed by atoms with Crippen LogP contribution in [0.3, 0.4) is 0 Å². The van der Waals surface area contributed by atoms with Crippen molar-refractivity contribution in [3.8, 4) is 11.1 Å². The largest absolute Gasteiger partial charge is 0.383 e. The Kier molecular flexibility index (Phi) is 4.39. The van der Waals surface area contributed by atoms with Crippen molar-refractivity contribution in [2.75, 3.05) is 23.7 Å². The molecule has 31 heavy (non-hydrogen) atoms. The minimum absolute atomic E-state index is 0.129. The van der Waals surface area contributed by atoms with E-state index in [4.69, 9.17) is 5.73 Å². The number of fused-ring (bicyclic) bond motifs is 1. The predicted octanol–water partition coefficient (Wildman–Crippen LogP) is 3.14. The number of hydrogen-bond acceptors (Lipinski definition) is 4. The van der Waals surface area contributed by atoms with Gasteiger partial charge >= 0.3 is 6.03 Å². The fourth-order valence-corrected chi connectivity index (χ4v) is 4.15. The van der Waals surface area contributed by atoms with E-state index in [1.54, 1.807) is 32.7 Å². The van der Waals surface area contributed by atoms with Crippen molar-refractivity contribution in [2.24, 2.45) is 14.1 Å². The molecule has 1 saturated heterocycles. The number of nitrogens with two attached hydrogens (primary N) is 1. The number of hydrogen-bond donors (Lipinski definition) is 1. The number of halogens is 1. The van der Waals surface area contributed by atoms with Gasteiger partial charge in [0, 0.05) is 62.1 Å². The first-order valence-corrected chi connectivity index (χ1v) is 9.96. The Labute approximate surface area is 178 Å². The van der Waals surface area contributed by atoms with E-state index in [1.165, 1.54) is 12.4 Å². The highest BCUT2D eigenvalue weighted by Crippen LogP contribution is 2.35. The zero-order valence-electron chi connectivity index (χ0n) is 17.3. The first-order chi connectivity index (χ1) is 14.9. The number of carbonyl (C=O) groups is 1. The van der Waals surface area contributed by atoms with Gasteiger partial charge in [0.2, 0.25) is 0 Å². The third-order valence-corrected chi connectivity index (χ3v) is 5.84. The smallest absolute Gasteiger partial charge is 0.324 e. The number of rotatable bonds is 4. The Hall–Kier alpha value is -3.88. The van der Waals surface area contributed by atoms with Crippen LogP contribution in [0.2, 0.25) is 0 Å². The molecule has 1 aliphatic rings. The first kappa shape index (κ1) is 19.1. The van der Waals surface area contributed by atoms with E-state index in [2.05, 4.69) is 9.97 Å². The number of benzene rings is 1. The normalized spacial score (nSPS) is 14.2. The molecule has 3 aromatic heterocycles. The minimum atomic E-state index is -0.429. The second-order valence-electron chi connectivity index (χ2n) is 7.74. The van der Waals surface area contributed by atoms with E-state index in [0.717, 1.165) is 5.69 Å². The number of urea groups is 1. The van der Waals surface area contributed by atoms with Crippen LogP contribution in [-0.4, -0.2) is 43.1 Å². The molecule has 0 bridgehead atoms. The summed E-state index contributed by atoms with van der Waals surface area (Å²) in [6.45, 7) is 1.62. The van der Waals surface area contributed by atoms with Crippen LogP contribution in [0, 0.1) is 5.82 Å². The molecule has 4 heterocycles. The lowest BCUT2D eigenvalue weighted by Gasteiger charge is -2.19. The first-order valence-electron chi connectivity index (χ1n) is 9.96. The molecule has 0 saturated carbocycles. The maximum absolute atomic E-state index is 15.2. The fourth-order valence-electron chi connectivity index (χ4n) is 4.15. The van der Waals surface area contributed by atoms with Crippen LogP contribution >= 0.6 is 0 Å². The summed E-state index contributed by atoms with van der Waals surface area (Å²) in [5.74, 6) is -0.128. The molecule has 1 aliphatic heterocycles. The van der Waals surface area contributed by atoms with Gasteiger partial charge in [-0.05, 0) is 30.3 Å². The number of anilines is 2. The molecule has 0 atom stereocenters. The van der Waals surface area contributed by atoms with E-state index in [1.807, 2.05) is 37.0 Å². The van der Waals surface area contributed by atoms with Crippen LogP contribution in [0.15, 0.2) is 49.1 Å². The van der Waals surface area contributed by atoms with Crippen LogP contribution in [-0.2, 0) is 20.6 Å². The Morgan fingerprint density at radius 2 is 1.94 bits per heavy atom. The van der Waals surface area contributed by atoms with Gasteiger partial charge in [-0.2, -0.15) is 0 Å². The van der Waals surface area contributed by atoms with Crippen LogP contribution < -0.4 is 10.6 Å². The molecule has 2 amide bonds. The van der Waals surface area contributed by atoms with Crippen molar-refractivity contribution in [1.29, 1.82) is 0 Å². The Morgan fingerprint density at radius 3 is 2.68 bits per heavy atom. The van der Waals surface area contributed by atoms with Crippen molar-refractivity contribution in [3.63, 3.8) is 0 Å². The Balaban J connectivity index is 1.44. The Morgan fingerprint density at radius 1 is 1.10 bits per heavy atom. The molecule has 0 unspecified atom stereocenters. The maximum atomic E-state index is 15.2. The zero-order valence-corrected chi connectivity index (χ0v) is 17.3. The summed E-state index contributed by atoms with van der Waals surface area (Å²) < 4.78 is 19.0. The average molecular weight is 419 g/mol. The molecule has 2 N–H and O–H groups in total. The molecule has 9 heteroatoms. The topological polar surface area (TPSA) is 85.2 Å². The Bertz CT molecular complexity index is 1310. The highest BCUT2D eigenvalue weighted by molar-refractivity contribution is 6.01. The third-order valence-electron chi connectivity index (χ3n) is 5.84. The third kappa shape index (κ3) is 3.09. The van der Waals surface area contributed by atoms with Gasteiger partial charge in [0.15, 0.2) is 0 Å². The lowest BCUT2D eigenvalue weighted by atomic mass is 10.0. The van der Waals surface area contributed by atoms with Gasteiger partial charge in [-0.1, -0.05) is 0 Å². The summed E-state index contributed by atoms with van der Waals surface area (Å²) in [6.07, 6.45) is 5.13. The van der Waals surface area contributed by atoms with E-state index < -0.39 is 5.82 Å². The standard InChI is InChI=1S/C22H22FN7O/c1-27-7-3-4-15(27)11-29-8-9-30(22(29)31)14-5-6-16(18(23)10-14)17-12-28(2)21-19(17)20(24)25-13-26-21/h3-7,10,12-13H,8-9,11H2,1-2H3,(H2,24,25,26). The number of amides is 2. The molecular weight excluding hydrogens is 397 g/mol. The number of carbonyl (C=O) groups excluding carboxylic acids is 1. The molecule has 5 rings (SSSR count). The van der Waals surface area contributed by atoms with Crippen molar-refractivity contribution in [1.82, 2.24) is 24.0 Å². The lowest BCUT2D eigenvalue weighted by Crippen LogP contribution is -2.31. The second-order valence-corrected chi connectivity index (χ2v) is 7.74. The van der Waals surface area contributed by atoms with Gasteiger partial charge in [0.05, 0.1) is 11.9 Å². The molecule has 0 spiro atoms. The summed E-state index contributed by atoms with van der Waals surface area (Å²) in [5.41, 5.74) is 9.27. The molecule has 4 aromatic rings. The molecule has 158 valence electrons. The van der Waals surface area contributed by atoms with Crippen LogP contribution in [0.25, 0.3) is 22.2 Å². The average Bonchev–Trinajstić information content (AvgIpc) is 3.42. The highest BCUT2D eigenvalue weighted by atomic mass is 19.1. The number of nitrogens with zero attached hydrogens (tertiary/aromatic N) is 6. The van der Waals surface area contributed by atoms with Crippen molar-refractivity contribution in [3.05, 3.63) is 60.6 Å². The van der Waals surface area contributed by atoms with Gasteiger partial charge < -0.3 is 19.8 Å². The zero-order chi connectivity index (χ0) is 21.7. The molecule has 0 aliphatic carbocycles. The van der Waals surface area contributed by atoms with Gasteiger partial charge in [0.1, 0.15) is 23.6 Å². The molecule has 1 fully saturated rings. The van der Waals surface area contributed by atoms with Crippen molar-refractivity contribution >= 4 is 28.6 Å². The minimum Gasteiger partial charge on any atom is -0.383 e. The van der Waals surface area contributed by atoms with E-state index in [0.29, 0.717) is 53.3 Å². The highest BCUT2D eigenvalue weighted by Gasteiger charge is 2.30. The molecule has 0 radical (unpaired) electrons. The number of aryl methyl sites for hydroxylation is 2. The van der Waals surface area contributed by atoms with E-state index >= 15 is 4.39 Å². The number of nitrogen functional groups attached to an aromatic ring is 1. The molecular formula is C22H22FN7O. The molecule has 8 nitrogen and oxygen atoms in total. The predicted molar refractivity (Wildman–Crippen MR) is 117 cm³/mol. The maximum Gasteiger partial charge on any atom is 0.324 e. The second kappa shape index (κ2) is 7.12. The van der Waals surface area contributed by atoms with Gasteiger partial charge in [-0.3, -0.25) is 4.90 Å². The van der Waals surface area contributed by atoms with Gasteiger partial charge in [-0.15, -0.1) is 0 Å². The van der Waals surface area contributed by atoms with Crippen molar-refractivity contribution < 1.29 is 9.18 Å². The summed E-state index contributed by atoms with van der Waals surface area (Å²) >= 11 is 0. The summed E-state index contributed by atoms with van der Waals surface area (Å²) in [4.78, 5) is 24.6. The quantitative estimate of drug-likeness (QED) is 0.551. The van der Waals surface area contributed by atoms with Gasteiger partial charge in [-0.25, -0.2) is 19.2 Å². The van der Waals surface area contributed by atoms with Crippen molar-refractivity contribution in [2.45, 2.75) is 6.54 Å². The van der Waals surface area contributed by atoms with Crippen LogP contribution in [0.1, 0.15) is 5.69 Å². The lowest BCUT2D eigenvalue weighted by molar-refractivity contribution is 0.218. The SMILES string of the molecule is Cn1cccc1CN1CCN(c2ccc(-c3cn(C)c4ncnc(N)c34)c(F)c2)C1=O. The van der Waals surface area contributed by atoms with Crippen LogP contribution in [0.4, 0.5) is 20.7 Å².